The van der Waals surface area contributed by atoms with Gasteiger partial charge in [0.25, 0.3) is 5.69 Å². The van der Waals surface area contributed by atoms with Crippen molar-refractivity contribution in [3.8, 4) is 11.5 Å². The molecule has 3 aromatic rings. The maximum absolute atomic E-state index is 11.0. The first-order chi connectivity index (χ1) is 14.1. The van der Waals surface area contributed by atoms with Crippen LogP contribution in [0.1, 0.15) is 40.9 Å². The number of aryl methyl sites for hydroxylation is 1. The maximum Gasteiger partial charge on any atom is 0.269 e. The van der Waals surface area contributed by atoms with Gasteiger partial charge in [-0.25, -0.2) is 0 Å². The lowest BCUT2D eigenvalue weighted by molar-refractivity contribution is -0.384. The van der Waals surface area contributed by atoms with E-state index in [0.717, 1.165) is 35.1 Å². The van der Waals surface area contributed by atoms with E-state index < -0.39 is 11.0 Å². The van der Waals surface area contributed by atoms with Crippen LogP contribution in [-0.2, 0) is 11.2 Å². The van der Waals surface area contributed by atoms with Crippen molar-refractivity contribution in [2.45, 2.75) is 25.0 Å². The third-order valence-corrected chi connectivity index (χ3v) is 5.28. The molecule has 4 rings (SSSR count). The molecule has 0 spiro atoms. The summed E-state index contributed by atoms with van der Waals surface area (Å²) in [7, 11) is 1.52. The molecule has 1 N–H and O–H groups in total. The van der Waals surface area contributed by atoms with E-state index in [-0.39, 0.29) is 17.5 Å². The third kappa shape index (κ3) is 3.79. The minimum Gasteiger partial charge on any atom is -0.504 e. The van der Waals surface area contributed by atoms with Crippen molar-refractivity contribution in [2.75, 3.05) is 7.11 Å². The summed E-state index contributed by atoms with van der Waals surface area (Å²) in [5.41, 5.74) is 3.77. The van der Waals surface area contributed by atoms with Gasteiger partial charge >= 0.3 is 0 Å². The zero-order valence-electron chi connectivity index (χ0n) is 15.9. The van der Waals surface area contributed by atoms with Crippen molar-refractivity contribution in [1.29, 1.82) is 0 Å². The monoisotopic (exact) mass is 391 g/mol. The van der Waals surface area contributed by atoms with Crippen LogP contribution in [0.4, 0.5) is 5.69 Å². The number of hydrogen-bond donors (Lipinski definition) is 1. The van der Waals surface area contributed by atoms with Crippen LogP contribution in [0.2, 0.25) is 0 Å². The molecule has 0 aliphatic carbocycles. The standard InChI is InChI=1S/C23H21NO5/c1-28-22-13-17-9-12-21(15-5-3-2-4-6-15)29-23(19(17)14-20(22)25)16-7-10-18(11-8-16)24(26)27/h2-8,10-11,13-14,21,23,25H,9,12H2,1H3/t21-,23-/m0/s1. The molecule has 0 fully saturated rings. The van der Waals surface area contributed by atoms with Crippen molar-refractivity contribution in [1.82, 2.24) is 0 Å². The number of methoxy groups -OCH3 is 1. The van der Waals surface area contributed by atoms with E-state index in [1.807, 2.05) is 36.4 Å². The van der Waals surface area contributed by atoms with Crippen molar-refractivity contribution < 1.29 is 19.5 Å². The molecule has 0 bridgehead atoms. The Hall–Kier alpha value is -3.38. The van der Waals surface area contributed by atoms with E-state index in [1.54, 1.807) is 18.2 Å². The fourth-order valence-corrected chi connectivity index (χ4v) is 3.78. The first-order valence-corrected chi connectivity index (χ1v) is 9.41. The summed E-state index contributed by atoms with van der Waals surface area (Å²) in [5.74, 6) is 0.462. The quantitative estimate of drug-likeness (QED) is 0.494. The minimum absolute atomic E-state index is 0.0276. The zero-order chi connectivity index (χ0) is 20.4. The largest absolute Gasteiger partial charge is 0.504 e. The van der Waals surface area contributed by atoms with E-state index in [1.165, 1.54) is 19.2 Å². The van der Waals surface area contributed by atoms with Crippen LogP contribution >= 0.6 is 0 Å². The number of nitrogens with zero attached hydrogens (tertiary/aromatic N) is 1. The van der Waals surface area contributed by atoms with Crippen LogP contribution in [0.15, 0.2) is 66.7 Å². The smallest absolute Gasteiger partial charge is 0.269 e. The molecule has 0 saturated carbocycles. The lowest BCUT2D eigenvalue weighted by Crippen LogP contribution is -2.10. The van der Waals surface area contributed by atoms with E-state index in [2.05, 4.69) is 0 Å². The highest BCUT2D eigenvalue weighted by atomic mass is 16.6. The lowest BCUT2D eigenvalue weighted by Gasteiger charge is -2.24. The van der Waals surface area contributed by atoms with E-state index in [9.17, 15) is 15.2 Å². The summed E-state index contributed by atoms with van der Waals surface area (Å²) in [6.07, 6.45) is 0.927. The van der Waals surface area contributed by atoms with Crippen LogP contribution in [0, 0.1) is 10.1 Å². The molecule has 1 heterocycles. The lowest BCUT2D eigenvalue weighted by atomic mass is 9.94. The highest BCUT2D eigenvalue weighted by Crippen LogP contribution is 2.43. The number of hydrogen-bond acceptors (Lipinski definition) is 5. The predicted octanol–water partition coefficient (Wildman–Crippen LogP) is 5.10. The number of phenols is 1. The number of nitro benzene ring substituents is 1. The highest BCUT2D eigenvalue weighted by Gasteiger charge is 2.29. The average molecular weight is 391 g/mol. The Bertz CT molecular complexity index is 1020. The Balaban J connectivity index is 1.79. The molecule has 3 aromatic carbocycles. The molecule has 6 heteroatoms. The maximum atomic E-state index is 11.0. The molecule has 1 aliphatic heterocycles. The molecule has 148 valence electrons. The van der Waals surface area contributed by atoms with Gasteiger partial charge in [0.1, 0.15) is 6.10 Å². The summed E-state index contributed by atoms with van der Waals surface area (Å²) >= 11 is 0. The van der Waals surface area contributed by atoms with E-state index in [0.29, 0.717) is 5.75 Å². The number of rotatable bonds is 4. The van der Waals surface area contributed by atoms with Gasteiger partial charge in [0.2, 0.25) is 0 Å². The second-order valence-electron chi connectivity index (χ2n) is 7.03. The van der Waals surface area contributed by atoms with Gasteiger partial charge in [0, 0.05) is 12.1 Å². The van der Waals surface area contributed by atoms with Gasteiger partial charge in [-0.2, -0.15) is 0 Å². The third-order valence-electron chi connectivity index (χ3n) is 5.28. The van der Waals surface area contributed by atoms with Gasteiger partial charge in [-0.05, 0) is 59.4 Å². The zero-order valence-corrected chi connectivity index (χ0v) is 15.9. The SMILES string of the molecule is COc1cc2c(cc1O)[C@H](c1ccc([N+](=O)[O-])cc1)O[C@H](c1ccccc1)CC2. The van der Waals surface area contributed by atoms with Crippen molar-refractivity contribution in [2.24, 2.45) is 0 Å². The molecule has 29 heavy (non-hydrogen) atoms. The number of nitro groups is 1. The topological polar surface area (TPSA) is 81.8 Å². The molecule has 6 nitrogen and oxygen atoms in total. The summed E-state index contributed by atoms with van der Waals surface area (Å²) in [5, 5.41) is 21.4. The fourth-order valence-electron chi connectivity index (χ4n) is 3.78. The van der Waals surface area contributed by atoms with Crippen LogP contribution < -0.4 is 4.74 Å². The molecular formula is C23H21NO5. The highest BCUT2D eigenvalue weighted by molar-refractivity contribution is 5.50. The molecule has 0 saturated heterocycles. The Morgan fingerprint density at radius 2 is 1.79 bits per heavy atom. The van der Waals surface area contributed by atoms with Gasteiger partial charge in [-0.3, -0.25) is 10.1 Å². The normalized spacial score (nSPS) is 18.5. The summed E-state index contributed by atoms with van der Waals surface area (Å²) in [4.78, 5) is 10.6. The molecule has 0 radical (unpaired) electrons. The number of aromatic hydroxyl groups is 1. The summed E-state index contributed by atoms with van der Waals surface area (Å²) < 4.78 is 11.8. The van der Waals surface area contributed by atoms with E-state index in [4.69, 9.17) is 9.47 Å². The second kappa shape index (κ2) is 7.93. The number of phenolic OH excluding ortho intramolecular Hbond substituents is 1. The predicted molar refractivity (Wildman–Crippen MR) is 108 cm³/mol. The van der Waals surface area contributed by atoms with Crippen LogP contribution in [0.3, 0.4) is 0 Å². The van der Waals surface area contributed by atoms with Crippen LogP contribution in [-0.4, -0.2) is 17.1 Å². The summed E-state index contributed by atoms with van der Waals surface area (Å²) in [6, 6.07) is 19.9. The van der Waals surface area contributed by atoms with Crippen molar-refractivity contribution >= 4 is 5.69 Å². The van der Waals surface area contributed by atoms with Crippen molar-refractivity contribution in [3.63, 3.8) is 0 Å². The van der Waals surface area contributed by atoms with Crippen molar-refractivity contribution in [3.05, 3.63) is 99.1 Å². The van der Waals surface area contributed by atoms with Gasteiger partial charge in [-0.15, -0.1) is 0 Å². The molecular weight excluding hydrogens is 370 g/mol. The Labute approximate surface area is 168 Å². The number of non-ortho nitro benzene ring substituents is 1. The first-order valence-electron chi connectivity index (χ1n) is 9.41. The molecule has 0 amide bonds. The molecule has 0 aromatic heterocycles. The molecule has 1 aliphatic rings. The molecule has 2 atom stereocenters. The Morgan fingerprint density at radius 3 is 2.45 bits per heavy atom. The first kappa shape index (κ1) is 19.0. The number of ether oxygens (including phenoxy) is 2. The van der Waals surface area contributed by atoms with E-state index >= 15 is 0 Å². The second-order valence-corrected chi connectivity index (χ2v) is 7.03. The van der Waals surface area contributed by atoms with Crippen LogP contribution in [0.25, 0.3) is 0 Å². The number of benzene rings is 3. The fraction of sp³-hybridized carbons (Fsp3) is 0.217. The Kier molecular flexibility index (Phi) is 5.18. The minimum atomic E-state index is -0.463. The van der Waals surface area contributed by atoms with Gasteiger partial charge in [0.15, 0.2) is 11.5 Å². The average Bonchev–Trinajstić information content (AvgIpc) is 2.93. The van der Waals surface area contributed by atoms with Gasteiger partial charge < -0.3 is 14.6 Å². The number of fused-ring (bicyclic) bond motifs is 1. The molecule has 0 unspecified atom stereocenters. The van der Waals surface area contributed by atoms with Gasteiger partial charge in [0.05, 0.1) is 18.1 Å². The summed E-state index contributed by atoms with van der Waals surface area (Å²) in [6.45, 7) is 0. The Morgan fingerprint density at radius 1 is 1.07 bits per heavy atom. The van der Waals surface area contributed by atoms with Crippen LogP contribution in [0.5, 0.6) is 11.5 Å². The van der Waals surface area contributed by atoms with Gasteiger partial charge in [-0.1, -0.05) is 30.3 Å².